The van der Waals surface area contributed by atoms with Crippen LogP contribution in [0.25, 0.3) is 0 Å². The molecule has 2 nitrogen and oxygen atoms in total. The van der Waals surface area contributed by atoms with Crippen LogP contribution in [0.5, 0.6) is 0 Å². The maximum absolute atomic E-state index is 15.0. The largest absolute Gasteiger partial charge is 0.406 e. The molecule has 0 aliphatic carbocycles. The lowest BCUT2D eigenvalue weighted by Gasteiger charge is -2.37. The number of anilines is 2. The van der Waals surface area contributed by atoms with E-state index in [0.717, 1.165) is 9.79 Å². The van der Waals surface area contributed by atoms with Crippen molar-refractivity contribution in [1.29, 1.82) is 0 Å². The Morgan fingerprint density at radius 1 is 0.500 bits per heavy atom. The SMILES string of the molecule is Nc1ccc(C(c2ccc(N)cc2)(c2ccc(Sc3ccccc3)cc2)C(F)(F)F)cc1. The first-order valence-electron chi connectivity index (χ1n) is 9.93. The highest BCUT2D eigenvalue weighted by Gasteiger charge is 2.58. The van der Waals surface area contributed by atoms with E-state index in [1.807, 2.05) is 30.3 Å². The number of hydrogen-bond acceptors (Lipinski definition) is 3. The third-order valence-corrected chi connectivity index (χ3v) is 6.39. The minimum absolute atomic E-state index is 0.0902. The fourth-order valence-corrected chi connectivity index (χ4v) is 4.69. The minimum Gasteiger partial charge on any atom is -0.399 e. The lowest BCUT2D eigenvalue weighted by atomic mass is 9.68. The normalized spacial score (nSPS) is 12.0. The van der Waals surface area contributed by atoms with E-state index in [-0.39, 0.29) is 16.7 Å². The van der Waals surface area contributed by atoms with E-state index < -0.39 is 11.6 Å². The number of halogens is 3. The van der Waals surface area contributed by atoms with Gasteiger partial charge in [-0.05, 0) is 65.2 Å². The third kappa shape index (κ3) is 4.06. The number of alkyl halides is 3. The molecule has 4 rings (SSSR count). The molecule has 0 heterocycles. The number of benzene rings is 4. The van der Waals surface area contributed by atoms with Crippen LogP contribution in [0.3, 0.4) is 0 Å². The molecule has 0 aliphatic rings. The molecule has 0 atom stereocenters. The zero-order chi connectivity index (χ0) is 22.8. The van der Waals surface area contributed by atoms with Crippen LogP contribution in [-0.2, 0) is 5.41 Å². The van der Waals surface area contributed by atoms with Crippen LogP contribution in [0.1, 0.15) is 16.7 Å². The molecule has 0 unspecified atom stereocenters. The van der Waals surface area contributed by atoms with Crippen molar-refractivity contribution in [2.45, 2.75) is 21.4 Å². The molecular weight excluding hydrogens is 429 g/mol. The number of nitrogen functional groups attached to an aromatic ring is 2. The lowest BCUT2D eigenvalue weighted by Crippen LogP contribution is -2.44. The Morgan fingerprint density at radius 2 is 0.875 bits per heavy atom. The van der Waals surface area contributed by atoms with Gasteiger partial charge in [-0.2, -0.15) is 13.2 Å². The molecule has 0 fully saturated rings. The fraction of sp³-hybridized carbons (Fsp3) is 0.0769. The van der Waals surface area contributed by atoms with Gasteiger partial charge in [-0.25, -0.2) is 0 Å². The van der Waals surface area contributed by atoms with Crippen LogP contribution in [0.2, 0.25) is 0 Å². The Morgan fingerprint density at radius 3 is 1.28 bits per heavy atom. The van der Waals surface area contributed by atoms with Crippen molar-refractivity contribution in [3.8, 4) is 0 Å². The van der Waals surface area contributed by atoms with Gasteiger partial charge in [0.2, 0.25) is 0 Å². The van der Waals surface area contributed by atoms with Gasteiger partial charge in [0.15, 0.2) is 0 Å². The molecule has 0 saturated carbocycles. The zero-order valence-electron chi connectivity index (χ0n) is 17.0. The first-order valence-corrected chi connectivity index (χ1v) is 10.7. The van der Waals surface area contributed by atoms with Crippen LogP contribution in [0.4, 0.5) is 24.5 Å². The number of hydrogen-bond donors (Lipinski definition) is 2. The second-order valence-corrected chi connectivity index (χ2v) is 8.58. The van der Waals surface area contributed by atoms with Gasteiger partial charge < -0.3 is 11.5 Å². The fourth-order valence-electron chi connectivity index (χ4n) is 3.85. The smallest absolute Gasteiger partial charge is 0.399 e. The first-order chi connectivity index (χ1) is 15.3. The van der Waals surface area contributed by atoms with E-state index in [0.29, 0.717) is 11.4 Å². The molecule has 0 saturated heterocycles. The summed E-state index contributed by atoms with van der Waals surface area (Å²) in [4.78, 5) is 1.87. The van der Waals surface area contributed by atoms with Gasteiger partial charge in [-0.1, -0.05) is 66.4 Å². The third-order valence-electron chi connectivity index (χ3n) is 5.38. The summed E-state index contributed by atoms with van der Waals surface area (Å²) < 4.78 is 45.0. The molecule has 0 spiro atoms. The van der Waals surface area contributed by atoms with Gasteiger partial charge in [0.1, 0.15) is 5.41 Å². The highest BCUT2D eigenvalue weighted by atomic mass is 32.2. The van der Waals surface area contributed by atoms with Crippen molar-refractivity contribution in [3.63, 3.8) is 0 Å². The molecular formula is C26H21F3N2S. The number of rotatable bonds is 5. The summed E-state index contributed by atoms with van der Waals surface area (Å²) in [6, 6.07) is 27.9. The van der Waals surface area contributed by atoms with Gasteiger partial charge in [0.05, 0.1) is 0 Å². The highest BCUT2D eigenvalue weighted by Crippen LogP contribution is 2.51. The highest BCUT2D eigenvalue weighted by molar-refractivity contribution is 7.99. The maximum atomic E-state index is 15.0. The van der Waals surface area contributed by atoms with Crippen LogP contribution in [0, 0.1) is 0 Å². The first kappa shape index (κ1) is 21.8. The summed E-state index contributed by atoms with van der Waals surface area (Å²) >= 11 is 1.50. The quantitative estimate of drug-likeness (QED) is 0.257. The molecule has 0 aliphatic heterocycles. The Labute approximate surface area is 189 Å². The Bertz CT molecular complexity index is 1130. The molecule has 0 amide bonds. The van der Waals surface area contributed by atoms with Crippen molar-refractivity contribution < 1.29 is 13.2 Å². The molecule has 0 radical (unpaired) electrons. The molecule has 6 heteroatoms. The summed E-state index contributed by atoms with van der Waals surface area (Å²) in [6.07, 6.45) is -4.62. The molecule has 0 bridgehead atoms. The summed E-state index contributed by atoms with van der Waals surface area (Å²) in [6.45, 7) is 0. The molecule has 4 N–H and O–H groups in total. The summed E-state index contributed by atoms with van der Waals surface area (Å²) in [5, 5.41) is 0. The van der Waals surface area contributed by atoms with Gasteiger partial charge in [0.25, 0.3) is 0 Å². The predicted molar refractivity (Wildman–Crippen MR) is 125 cm³/mol. The van der Waals surface area contributed by atoms with Crippen molar-refractivity contribution in [3.05, 3.63) is 120 Å². The number of nitrogens with two attached hydrogens (primary N) is 2. The average Bonchev–Trinajstić information content (AvgIpc) is 2.77. The Balaban J connectivity index is 1.88. The summed E-state index contributed by atoms with van der Waals surface area (Å²) in [5.74, 6) is 0. The van der Waals surface area contributed by atoms with Gasteiger partial charge in [0, 0.05) is 21.2 Å². The standard InChI is InChI=1S/C26H21F3N2S/c27-26(28,29)25(18-6-12-21(30)13-7-18,19-8-14-22(31)15-9-19)20-10-16-24(17-11-20)32-23-4-2-1-3-5-23/h1-17H,30-31H2. The monoisotopic (exact) mass is 450 g/mol. The van der Waals surface area contributed by atoms with E-state index in [9.17, 15) is 0 Å². The minimum atomic E-state index is -4.62. The molecule has 0 aromatic heterocycles. The van der Waals surface area contributed by atoms with Crippen LogP contribution in [0.15, 0.2) is 113 Å². The summed E-state index contributed by atoms with van der Waals surface area (Å²) in [5.41, 5.74) is 10.3. The van der Waals surface area contributed by atoms with Gasteiger partial charge in [-0.15, -0.1) is 0 Å². The molecule has 4 aromatic carbocycles. The van der Waals surface area contributed by atoms with E-state index in [1.165, 1.54) is 60.3 Å². The Kier molecular flexibility index (Phi) is 5.89. The Hall–Kier alpha value is -3.38. The second-order valence-electron chi connectivity index (χ2n) is 7.43. The van der Waals surface area contributed by atoms with E-state index in [2.05, 4.69) is 0 Å². The van der Waals surface area contributed by atoms with Gasteiger partial charge in [-0.3, -0.25) is 0 Å². The van der Waals surface area contributed by atoms with Crippen molar-refractivity contribution in [2.75, 3.05) is 11.5 Å². The lowest BCUT2D eigenvalue weighted by molar-refractivity contribution is -0.166. The second kappa shape index (κ2) is 8.63. The van der Waals surface area contributed by atoms with Gasteiger partial charge >= 0.3 is 6.18 Å². The summed E-state index contributed by atoms with van der Waals surface area (Å²) in [7, 11) is 0. The average molecular weight is 451 g/mol. The molecule has 4 aromatic rings. The van der Waals surface area contributed by atoms with E-state index >= 15 is 13.2 Å². The predicted octanol–water partition coefficient (Wildman–Crippen LogP) is 6.90. The van der Waals surface area contributed by atoms with E-state index in [4.69, 9.17) is 11.5 Å². The molecule has 162 valence electrons. The van der Waals surface area contributed by atoms with Crippen LogP contribution < -0.4 is 11.5 Å². The van der Waals surface area contributed by atoms with Crippen molar-refractivity contribution >= 4 is 23.1 Å². The van der Waals surface area contributed by atoms with Crippen molar-refractivity contribution in [2.24, 2.45) is 0 Å². The van der Waals surface area contributed by atoms with E-state index in [1.54, 1.807) is 24.3 Å². The van der Waals surface area contributed by atoms with Crippen LogP contribution >= 0.6 is 11.8 Å². The van der Waals surface area contributed by atoms with Crippen molar-refractivity contribution in [1.82, 2.24) is 0 Å². The zero-order valence-corrected chi connectivity index (χ0v) is 17.8. The molecule has 32 heavy (non-hydrogen) atoms. The topological polar surface area (TPSA) is 52.0 Å². The maximum Gasteiger partial charge on any atom is 0.406 e. The van der Waals surface area contributed by atoms with Crippen LogP contribution in [-0.4, -0.2) is 6.18 Å².